The van der Waals surface area contributed by atoms with Crippen LogP contribution < -0.4 is 5.32 Å². The minimum absolute atomic E-state index is 0.0743. The fourth-order valence-electron chi connectivity index (χ4n) is 1.39. The summed E-state index contributed by atoms with van der Waals surface area (Å²) in [5.41, 5.74) is 0.478. The summed E-state index contributed by atoms with van der Waals surface area (Å²) in [6, 6.07) is 8.48. The molecule has 6 heteroatoms. The van der Waals surface area contributed by atoms with Crippen LogP contribution in [0.5, 0.6) is 0 Å². The molecule has 0 aliphatic carbocycles. The second-order valence-electron chi connectivity index (χ2n) is 3.56. The molecule has 0 saturated heterocycles. The smallest absolute Gasteiger partial charge is 0.330 e. The van der Waals surface area contributed by atoms with Crippen LogP contribution in [0, 0.1) is 5.92 Å². The molecule has 0 saturated carbocycles. The van der Waals surface area contributed by atoms with Gasteiger partial charge < -0.3 is 14.8 Å². The Morgan fingerprint density at radius 2 is 1.79 bits per heavy atom. The van der Waals surface area contributed by atoms with Gasteiger partial charge in [-0.3, -0.25) is 14.4 Å². The van der Waals surface area contributed by atoms with Gasteiger partial charge in [0.1, 0.15) is 0 Å². The topological polar surface area (TPSA) is 81.7 Å². The number of esters is 2. The lowest BCUT2D eigenvalue weighted by atomic mass is 10.1. The van der Waals surface area contributed by atoms with Crippen molar-refractivity contribution in [1.82, 2.24) is 0 Å². The third kappa shape index (κ3) is 4.09. The molecule has 6 nitrogen and oxygen atoms in total. The van der Waals surface area contributed by atoms with Gasteiger partial charge in [0.25, 0.3) is 0 Å². The van der Waals surface area contributed by atoms with Gasteiger partial charge in [-0.25, -0.2) is 0 Å². The van der Waals surface area contributed by atoms with Crippen molar-refractivity contribution in [3.8, 4) is 0 Å². The number of amides is 1. The van der Waals surface area contributed by atoms with Crippen LogP contribution in [0.1, 0.15) is 6.92 Å². The van der Waals surface area contributed by atoms with Gasteiger partial charge in [-0.05, 0) is 19.1 Å². The molecule has 0 aliphatic rings. The van der Waals surface area contributed by atoms with Gasteiger partial charge in [0, 0.05) is 5.69 Å². The largest absolute Gasteiger partial charge is 0.468 e. The summed E-state index contributed by atoms with van der Waals surface area (Å²) in [6.45, 7) is 1.66. The maximum Gasteiger partial charge on any atom is 0.330 e. The van der Waals surface area contributed by atoms with Crippen molar-refractivity contribution >= 4 is 23.5 Å². The summed E-state index contributed by atoms with van der Waals surface area (Å²) in [5, 5.41) is 2.46. The third-order valence-corrected chi connectivity index (χ3v) is 2.26. The van der Waals surface area contributed by atoms with Crippen molar-refractivity contribution in [1.29, 1.82) is 0 Å². The average molecular weight is 265 g/mol. The standard InChI is InChI=1S/C13H15NO5/c1-3-19-13(17)10(12(16)18-2)11(15)14-9-7-5-4-6-8-9/h4-8,10H,3H2,1-2H3,(H,14,15). The first kappa shape index (κ1) is 14.7. The number of rotatable bonds is 5. The van der Waals surface area contributed by atoms with E-state index in [2.05, 4.69) is 14.8 Å². The van der Waals surface area contributed by atoms with Gasteiger partial charge in [-0.15, -0.1) is 0 Å². The van der Waals surface area contributed by atoms with E-state index in [9.17, 15) is 14.4 Å². The fraction of sp³-hybridized carbons (Fsp3) is 0.308. The Morgan fingerprint density at radius 3 is 2.32 bits per heavy atom. The molecule has 0 bridgehead atoms. The highest BCUT2D eigenvalue weighted by molar-refractivity contribution is 6.18. The molecule has 0 aliphatic heterocycles. The van der Waals surface area contributed by atoms with E-state index < -0.39 is 23.8 Å². The number of nitrogens with one attached hydrogen (secondary N) is 1. The molecule has 0 aromatic heterocycles. The quantitative estimate of drug-likeness (QED) is 0.634. The van der Waals surface area contributed by atoms with E-state index in [1.165, 1.54) is 0 Å². The summed E-state index contributed by atoms with van der Waals surface area (Å²) in [6.07, 6.45) is 0. The van der Waals surface area contributed by atoms with Crippen molar-refractivity contribution in [3.63, 3.8) is 0 Å². The molecule has 0 radical (unpaired) electrons. The van der Waals surface area contributed by atoms with Crippen LogP contribution in [0.25, 0.3) is 0 Å². The summed E-state index contributed by atoms with van der Waals surface area (Å²) in [7, 11) is 1.10. The lowest BCUT2D eigenvalue weighted by Gasteiger charge is -2.13. The zero-order valence-electron chi connectivity index (χ0n) is 10.7. The fourth-order valence-corrected chi connectivity index (χ4v) is 1.39. The van der Waals surface area contributed by atoms with Crippen molar-refractivity contribution < 1.29 is 23.9 Å². The first-order valence-corrected chi connectivity index (χ1v) is 5.70. The molecule has 0 fully saturated rings. The number of benzene rings is 1. The maximum atomic E-state index is 11.9. The number of carbonyl (C=O) groups excluding carboxylic acids is 3. The van der Waals surface area contributed by atoms with Gasteiger partial charge in [-0.2, -0.15) is 0 Å². The average Bonchev–Trinajstić information content (AvgIpc) is 2.40. The molecule has 19 heavy (non-hydrogen) atoms. The van der Waals surface area contributed by atoms with E-state index >= 15 is 0 Å². The van der Waals surface area contributed by atoms with Gasteiger partial charge >= 0.3 is 11.9 Å². The first-order valence-electron chi connectivity index (χ1n) is 5.70. The Kier molecular flexibility index (Phi) is 5.53. The van der Waals surface area contributed by atoms with Crippen LogP contribution in [0.4, 0.5) is 5.69 Å². The summed E-state index contributed by atoms with van der Waals surface area (Å²) < 4.78 is 9.12. The van der Waals surface area contributed by atoms with Crippen LogP contribution in [-0.2, 0) is 23.9 Å². The van der Waals surface area contributed by atoms with E-state index in [4.69, 9.17) is 0 Å². The lowest BCUT2D eigenvalue weighted by Crippen LogP contribution is -2.38. The number of ether oxygens (including phenoxy) is 2. The highest BCUT2D eigenvalue weighted by atomic mass is 16.5. The molecule has 1 aromatic rings. The van der Waals surface area contributed by atoms with E-state index in [-0.39, 0.29) is 6.61 Å². The van der Waals surface area contributed by atoms with E-state index in [0.29, 0.717) is 5.69 Å². The lowest BCUT2D eigenvalue weighted by molar-refractivity contribution is -0.162. The summed E-state index contributed by atoms with van der Waals surface area (Å²) >= 11 is 0. The predicted octanol–water partition coefficient (Wildman–Crippen LogP) is 0.977. The molecule has 0 spiro atoms. The Bertz CT molecular complexity index is 457. The van der Waals surface area contributed by atoms with Crippen molar-refractivity contribution in [2.24, 2.45) is 5.92 Å². The third-order valence-electron chi connectivity index (χ3n) is 2.26. The van der Waals surface area contributed by atoms with Crippen LogP contribution in [0.15, 0.2) is 30.3 Å². The molecule has 1 rings (SSSR count). The normalized spacial score (nSPS) is 11.3. The van der Waals surface area contributed by atoms with Gasteiger partial charge in [-0.1, -0.05) is 18.2 Å². The number of hydrogen-bond acceptors (Lipinski definition) is 5. The highest BCUT2D eigenvalue weighted by Crippen LogP contribution is 2.10. The molecule has 1 aromatic carbocycles. The van der Waals surface area contributed by atoms with Crippen LogP contribution in [0.3, 0.4) is 0 Å². The maximum absolute atomic E-state index is 11.9. The van der Waals surface area contributed by atoms with Crippen LogP contribution >= 0.6 is 0 Å². The van der Waals surface area contributed by atoms with Crippen molar-refractivity contribution in [2.45, 2.75) is 6.92 Å². The predicted molar refractivity (Wildman–Crippen MR) is 67.2 cm³/mol. The van der Waals surface area contributed by atoms with E-state index in [0.717, 1.165) is 7.11 Å². The van der Waals surface area contributed by atoms with Crippen molar-refractivity contribution in [3.05, 3.63) is 30.3 Å². The number of hydrogen-bond donors (Lipinski definition) is 1. The number of carbonyl (C=O) groups is 3. The van der Waals surface area contributed by atoms with Crippen molar-refractivity contribution in [2.75, 3.05) is 19.0 Å². The van der Waals surface area contributed by atoms with Crippen LogP contribution in [-0.4, -0.2) is 31.6 Å². The van der Waals surface area contributed by atoms with Crippen LogP contribution in [0.2, 0.25) is 0 Å². The second-order valence-corrected chi connectivity index (χ2v) is 3.56. The van der Waals surface area contributed by atoms with E-state index in [1.54, 1.807) is 37.3 Å². The highest BCUT2D eigenvalue weighted by Gasteiger charge is 2.36. The number of methoxy groups -OCH3 is 1. The van der Waals surface area contributed by atoms with Gasteiger partial charge in [0.2, 0.25) is 11.8 Å². The minimum Gasteiger partial charge on any atom is -0.468 e. The first-order chi connectivity index (χ1) is 9.10. The number of anilines is 1. The molecular weight excluding hydrogens is 250 g/mol. The second kappa shape index (κ2) is 7.15. The molecule has 0 heterocycles. The Balaban J connectivity index is 2.83. The molecule has 102 valence electrons. The molecule has 1 N–H and O–H groups in total. The van der Waals surface area contributed by atoms with Gasteiger partial charge in [0.05, 0.1) is 13.7 Å². The summed E-state index contributed by atoms with van der Waals surface area (Å²) in [5.74, 6) is -4.28. The molecule has 1 unspecified atom stereocenters. The minimum atomic E-state index is -1.62. The summed E-state index contributed by atoms with van der Waals surface area (Å²) in [4.78, 5) is 35.0. The number of para-hydroxylation sites is 1. The Hall–Kier alpha value is -2.37. The Labute approximate surface area is 110 Å². The zero-order chi connectivity index (χ0) is 14.3. The monoisotopic (exact) mass is 265 g/mol. The SMILES string of the molecule is CCOC(=O)C(C(=O)Nc1ccccc1)C(=O)OC. The molecular formula is C13H15NO5. The Morgan fingerprint density at radius 1 is 1.16 bits per heavy atom. The molecule has 1 amide bonds. The van der Waals surface area contributed by atoms with Gasteiger partial charge in [0.15, 0.2) is 0 Å². The molecule has 1 atom stereocenters. The zero-order valence-corrected chi connectivity index (χ0v) is 10.7. The van der Waals surface area contributed by atoms with E-state index in [1.807, 2.05) is 0 Å².